The molecule has 0 aliphatic rings. The molecule has 71 valence electrons. The Kier molecular flexibility index (Phi) is 2.80. The minimum atomic E-state index is -4.42. The standard InChI is InChI=1S/C9H8F3O/c1-7(9(10,11)12)13-8-5-3-2-4-6-8/h2-7H,1H2. The molecule has 13 heavy (non-hydrogen) atoms. The van der Waals surface area contributed by atoms with Gasteiger partial charge in [-0.1, -0.05) is 18.2 Å². The Labute approximate surface area is 74.1 Å². The lowest BCUT2D eigenvalue weighted by molar-refractivity contribution is -0.181. The summed E-state index contributed by atoms with van der Waals surface area (Å²) in [5.41, 5.74) is 0. The molecule has 0 heterocycles. The second kappa shape index (κ2) is 3.68. The summed E-state index contributed by atoms with van der Waals surface area (Å²) in [5.74, 6) is 0.167. The van der Waals surface area contributed by atoms with E-state index in [2.05, 4.69) is 11.7 Å². The molecule has 0 N–H and O–H groups in total. The molecule has 0 amide bonds. The van der Waals surface area contributed by atoms with E-state index in [1.807, 2.05) is 0 Å². The first-order valence-electron chi connectivity index (χ1n) is 3.61. The van der Waals surface area contributed by atoms with Crippen LogP contribution in [0.1, 0.15) is 0 Å². The minimum absolute atomic E-state index is 0.167. The quantitative estimate of drug-likeness (QED) is 0.695. The van der Waals surface area contributed by atoms with Crippen LogP contribution in [0.25, 0.3) is 0 Å². The molecule has 1 unspecified atom stereocenters. The molecule has 4 heteroatoms. The highest BCUT2D eigenvalue weighted by Gasteiger charge is 2.38. The Hall–Kier alpha value is -1.19. The second-order valence-corrected chi connectivity index (χ2v) is 2.46. The zero-order valence-electron chi connectivity index (χ0n) is 6.71. The number of hydrogen-bond acceptors (Lipinski definition) is 1. The molecule has 1 atom stereocenters. The predicted molar refractivity (Wildman–Crippen MR) is 42.3 cm³/mol. The normalized spacial score (nSPS) is 13.8. The van der Waals surface area contributed by atoms with Gasteiger partial charge >= 0.3 is 6.18 Å². The maximum absolute atomic E-state index is 11.9. The molecule has 0 saturated heterocycles. The lowest BCUT2D eigenvalue weighted by Crippen LogP contribution is -2.31. The molecule has 1 aromatic rings. The number of ether oxygens (including phenoxy) is 1. The van der Waals surface area contributed by atoms with Gasteiger partial charge in [0.15, 0.2) is 6.10 Å². The van der Waals surface area contributed by atoms with E-state index in [1.54, 1.807) is 18.2 Å². The van der Waals surface area contributed by atoms with Crippen molar-refractivity contribution in [3.63, 3.8) is 0 Å². The molecule has 1 nitrogen and oxygen atoms in total. The number of benzene rings is 1. The van der Waals surface area contributed by atoms with Crippen LogP contribution < -0.4 is 4.74 Å². The van der Waals surface area contributed by atoms with Crippen molar-refractivity contribution in [2.45, 2.75) is 12.3 Å². The van der Waals surface area contributed by atoms with Gasteiger partial charge in [-0.15, -0.1) is 0 Å². The number of para-hydroxylation sites is 1. The van der Waals surface area contributed by atoms with E-state index >= 15 is 0 Å². The molecule has 1 aromatic carbocycles. The van der Waals surface area contributed by atoms with E-state index in [9.17, 15) is 13.2 Å². The van der Waals surface area contributed by atoms with Crippen LogP contribution in [-0.4, -0.2) is 12.3 Å². The first-order chi connectivity index (χ1) is 6.00. The zero-order chi connectivity index (χ0) is 9.90. The van der Waals surface area contributed by atoms with Crippen molar-refractivity contribution >= 4 is 0 Å². The molecule has 0 aromatic heterocycles. The lowest BCUT2D eigenvalue weighted by Gasteiger charge is -2.17. The van der Waals surface area contributed by atoms with E-state index in [0.717, 1.165) is 0 Å². The lowest BCUT2D eigenvalue weighted by atomic mass is 10.3. The van der Waals surface area contributed by atoms with Crippen molar-refractivity contribution in [3.05, 3.63) is 37.3 Å². The molecule has 1 radical (unpaired) electrons. The van der Waals surface area contributed by atoms with Crippen molar-refractivity contribution in [1.82, 2.24) is 0 Å². The van der Waals surface area contributed by atoms with Crippen molar-refractivity contribution < 1.29 is 17.9 Å². The summed E-state index contributed by atoms with van der Waals surface area (Å²) in [5, 5.41) is 0. The van der Waals surface area contributed by atoms with Crippen LogP contribution in [0.5, 0.6) is 5.75 Å². The highest BCUT2D eigenvalue weighted by molar-refractivity contribution is 5.21. The fourth-order valence-electron chi connectivity index (χ4n) is 0.730. The van der Waals surface area contributed by atoms with Crippen LogP contribution >= 0.6 is 0 Å². The van der Waals surface area contributed by atoms with Gasteiger partial charge in [0.2, 0.25) is 0 Å². The van der Waals surface area contributed by atoms with Gasteiger partial charge in [-0.2, -0.15) is 13.2 Å². The second-order valence-electron chi connectivity index (χ2n) is 2.46. The summed E-state index contributed by atoms with van der Waals surface area (Å²) >= 11 is 0. The Morgan fingerprint density at radius 3 is 2.15 bits per heavy atom. The highest BCUT2D eigenvalue weighted by atomic mass is 19.4. The summed E-state index contributed by atoms with van der Waals surface area (Å²) < 4.78 is 40.4. The number of alkyl halides is 3. The van der Waals surface area contributed by atoms with Crippen LogP contribution in [0.15, 0.2) is 30.3 Å². The van der Waals surface area contributed by atoms with Crippen molar-refractivity contribution in [2.24, 2.45) is 0 Å². The third kappa shape index (κ3) is 2.97. The van der Waals surface area contributed by atoms with Crippen LogP contribution in [-0.2, 0) is 0 Å². The minimum Gasteiger partial charge on any atom is -0.481 e. The van der Waals surface area contributed by atoms with Crippen molar-refractivity contribution in [3.8, 4) is 5.75 Å². The highest BCUT2D eigenvalue weighted by Crippen LogP contribution is 2.24. The first-order valence-corrected chi connectivity index (χ1v) is 3.61. The summed E-state index contributed by atoms with van der Waals surface area (Å²) in [6.07, 6.45) is -6.44. The van der Waals surface area contributed by atoms with Crippen molar-refractivity contribution in [1.29, 1.82) is 0 Å². The predicted octanol–water partition coefficient (Wildman–Crippen LogP) is 2.83. The van der Waals surface area contributed by atoms with Gasteiger partial charge in [0.1, 0.15) is 5.75 Å². The van der Waals surface area contributed by atoms with E-state index < -0.39 is 12.3 Å². The average molecular weight is 189 g/mol. The molecule has 0 spiro atoms. The number of halogens is 3. The van der Waals surface area contributed by atoms with Gasteiger partial charge in [-0.3, -0.25) is 0 Å². The molecule has 0 saturated carbocycles. The van der Waals surface area contributed by atoms with Crippen LogP contribution in [0, 0.1) is 6.92 Å². The fourth-order valence-corrected chi connectivity index (χ4v) is 0.730. The molecule has 0 fully saturated rings. The van der Waals surface area contributed by atoms with Gasteiger partial charge in [0, 0.05) is 0 Å². The Balaban J connectivity index is 2.61. The molecule has 0 aliphatic carbocycles. The Morgan fingerprint density at radius 2 is 1.69 bits per heavy atom. The topological polar surface area (TPSA) is 9.23 Å². The van der Waals surface area contributed by atoms with Gasteiger partial charge in [-0.05, 0) is 19.1 Å². The summed E-state index contributed by atoms with van der Waals surface area (Å²) in [6.45, 7) is 2.86. The van der Waals surface area contributed by atoms with E-state index in [1.165, 1.54) is 12.1 Å². The van der Waals surface area contributed by atoms with Crippen LogP contribution in [0.3, 0.4) is 0 Å². The summed E-state index contributed by atoms with van der Waals surface area (Å²) in [6, 6.07) is 7.78. The van der Waals surface area contributed by atoms with Crippen LogP contribution in [0.4, 0.5) is 13.2 Å². The molecule has 0 bridgehead atoms. The monoisotopic (exact) mass is 189 g/mol. The van der Waals surface area contributed by atoms with Gasteiger partial charge < -0.3 is 4.74 Å². The zero-order valence-corrected chi connectivity index (χ0v) is 6.71. The van der Waals surface area contributed by atoms with Gasteiger partial charge in [-0.25, -0.2) is 0 Å². The van der Waals surface area contributed by atoms with Gasteiger partial charge in [0.25, 0.3) is 0 Å². The molecule has 0 aliphatic heterocycles. The van der Waals surface area contributed by atoms with E-state index in [4.69, 9.17) is 0 Å². The molecular weight excluding hydrogens is 181 g/mol. The maximum Gasteiger partial charge on any atom is 0.425 e. The number of hydrogen-bond donors (Lipinski definition) is 0. The fraction of sp³-hybridized carbons (Fsp3) is 0.222. The SMILES string of the molecule is [CH2]C(Oc1ccccc1)C(F)(F)F. The van der Waals surface area contributed by atoms with Crippen molar-refractivity contribution in [2.75, 3.05) is 0 Å². The summed E-state index contributed by atoms with van der Waals surface area (Å²) in [7, 11) is 0. The average Bonchev–Trinajstić information content (AvgIpc) is 2.04. The first kappa shape index (κ1) is 9.89. The van der Waals surface area contributed by atoms with Gasteiger partial charge in [0.05, 0.1) is 0 Å². The van der Waals surface area contributed by atoms with Crippen LogP contribution in [0.2, 0.25) is 0 Å². The molecule has 1 rings (SSSR count). The molecular formula is C9H8F3O. The summed E-state index contributed by atoms with van der Waals surface area (Å²) in [4.78, 5) is 0. The number of rotatable bonds is 2. The smallest absolute Gasteiger partial charge is 0.425 e. The third-order valence-electron chi connectivity index (χ3n) is 1.39. The Bertz CT molecular complexity index is 255. The third-order valence-corrected chi connectivity index (χ3v) is 1.39. The van der Waals surface area contributed by atoms with E-state index in [0.29, 0.717) is 0 Å². The largest absolute Gasteiger partial charge is 0.481 e. The Morgan fingerprint density at radius 1 is 1.15 bits per heavy atom. The van der Waals surface area contributed by atoms with E-state index in [-0.39, 0.29) is 5.75 Å². The maximum atomic E-state index is 11.9.